The zero-order valence-corrected chi connectivity index (χ0v) is 13.1. The second-order valence-corrected chi connectivity index (χ2v) is 6.76. The van der Waals surface area contributed by atoms with Gasteiger partial charge in [-0.1, -0.05) is 41.0 Å². The lowest BCUT2D eigenvalue weighted by atomic mass is 10.4. The van der Waals surface area contributed by atoms with Crippen molar-refractivity contribution in [1.29, 1.82) is 0 Å². The first-order chi connectivity index (χ1) is 9.58. The van der Waals surface area contributed by atoms with Crippen LogP contribution in [0.25, 0.3) is 10.2 Å². The lowest BCUT2D eigenvalue weighted by molar-refractivity contribution is 0.0993. The number of H-pyrrole nitrogens is 1. The number of benzene rings is 1. The molecule has 0 bridgehead atoms. The van der Waals surface area contributed by atoms with E-state index in [-0.39, 0.29) is 0 Å². The number of carbonyl (C=O) groups excluding carboxylic acids is 1. The van der Waals surface area contributed by atoms with Crippen LogP contribution in [-0.2, 0) is 0 Å². The number of nitrogens with two attached hydrogens (primary N) is 1. The average molecular weight is 343 g/mol. The molecule has 3 N–H and O–H groups in total. The zero-order chi connectivity index (χ0) is 14.3. The minimum atomic E-state index is -0.492. The van der Waals surface area contributed by atoms with Crippen LogP contribution in [-0.4, -0.2) is 10.9 Å². The summed E-state index contributed by atoms with van der Waals surface area (Å²) in [7, 11) is 0. The second kappa shape index (κ2) is 5.33. The summed E-state index contributed by atoms with van der Waals surface area (Å²) in [6.45, 7) is 0. The summed E-state index contributed by atoms with van der Waals surface area (Å²) in [5.74, 6) is -0.492. The maximum atomic E-state index is 11.6. The van der Waals surface area contributed by atoms with E-state index in [9.17, 15) is 4.79 Å². The number of primary amides is 1. The highest BCUT2D eigenvalue weighted by Gasteiger charge is 2.19. The molecule has 0 spiro atoms. The molecular formula is C13H8Cl2N2OS2. The van der Waals surface area contributed by atoms with E-state index in [2.05, 4.69) is 4.98 Å². The number of nitrogens with one attached hydrogen (secondary N) is 1. The van der Waals surface area contributed by atoms with Crippen LogP contribution in [0, 0.1) is 0 Å². The van der Waals surface area contributed by atoms with E-state index in [4.69, 9.17) is 28.9 Å². The van der Waals surface area contributed by atoms with E-state index in [0.717, 1.165) is 20.0 Å². The van der Waals surface area contributed by atoms with E-state index < -0.39 is 5.91 Å². The summed E-state index contributed by atoms with van der Waals surface area (Å²) >= 11 is 15.1. The molecule has 0 unspecified atom stereocenters. The lowest BCUT2D eigenvalue weighted by Crippen LogP contribution is -2.12. The van der Waals surface area contributed by atoms with Gasteiger partial charge in [-0.25, -0.2) is 0 Å². The van der Waals surface area contributed by atoms with Crippen molar-refractivity contribution in [2.75, 3.05) is 0 Å². The van der Waals surface area contributed by atoms with Crippen LogP contribution in [0.1, 0.15) is 10.5 Å². The number of amides is 1. The number of hydrogen-bond acceptors (Lipinski definition) is 3. The van der Waals surface area contributed by atoms with Crippen molar-refractivity contribution in [2.24, 2.45) is 5.73 Å². The number of aromatic nitrogens is 1. The van der Waals surface area contributed by atoms with Crippen molar-refractivity contribution >= 4 is 62.4 Å². The molecule has 0 atom stereocenters. The predicted molar refractivity (Wildman–Crippen MR) is 85.3 cm³/mol. The van der Waals surface area contributed by atoms with Gasteiger partial charge in [0, 0.05) is 4.90 Å². The van der Waals surface area contributed by atoms with Crippen molar-refractivity contribution in [2.45, 2.75) is 9.79 Å². The molecule has 0 saturated carbocycles. The highest BCUT2D eigenvalue weighted by atomic mass is 35.5. The minimum absolute atomic E-state index is 0.396. The van der Waals surface area contributed by atoms with Gasteiger partial charge in [-0.3, -0.25) is 4.79 Å². The van der Waals surface area contributed by atoms with Crippen molar-refractivity contribution in [3.63, 3.8) is 0 Å². The Balaban J connectivity index is 2.14. The topological polar surface area (TPSA) is 58.9 Å². The molecule has 1 amide bonds. The third-order valence-electron chi connectivity index (χ3n) is 2.73. The Kier molecular flexibility index (Phi) is 3.69. The standard InChI is InChI=1S/C13H8Cl2N2OS2/c14-6-2-1-3-8(9(6)15)20-12-10(13(16)18)17-7-4-5-19-11(7)12/h1-5,17H,(H2,16,18). The summed E-state index contributed by atoms with van der Waals surface area (Å²) in [5.41, 5.74) is 6.71. The number of fused-ring (bicyclic) bond motifs is 1. The highest BCUT2D eigenvalue weighted by Crippen LogP contribution is 2.43. The molecule has 3 aromatic rings. The molecule has 0 fully saturated rings. The number of aromatic amines is 1. The monoisotopic (exact) mass is 342 g/mol. The minimum Gasteiger partial charge on any atom is -0.364 e. The Hall–Kier alpha value is -1.14. The van der Waals surface area contributed by atoms with Gasteiger partial charge in [-0.05, 0) is 23.6 Å². The Morgan fingerprint density at radius 2 is 2.10 bits per heavy atom. The van der Waals surface area contributed by atoms with Crippen molar-refractivity contribution < 1.29 is 4.79 Å². The van der Waals surface area contributed by atoms with Crippen LogP contribution in [0.15, 0.2) is 39.4 Å². The molecule has 2 heterocycles. The van der Waals surface area contributed by atoms with E-state index in [0.29, 0.717) is 15.7 Å². The van der Waals surface area contributed by atoms with Gasteiger partial charge in [0.1, 0.15) is 5.69 Å². The fraction of sp³-hybridized carbons (Fsp3) is 0. The summed E-state index contributed by atoms with van der Waals surface area (Å²) in [6, 6.07) is 7.31. The SMILES string of the molecule is NC(=O)c1[nH]c2ccsc2c1Sc1cccc(Cl)c1Cl. The molecule has 0 aliphatic heterocycles. The average Bonchev–Trinajstić information content (AvgIpc) is 2.97. The van der Waals surface area contributed by atoms with Crippen molar-refractivity contribution in [3.05, 3.63) is 45.4 Å². The third-order valence-corrected chi connectivity index (χ3v) is 5.90. The fourth-order valence-corrected chi connectivity index (χ4v) is 4.39. The summed E-state index contributed by atoms with van der Waals surface area (Å²) in [5, 5.41) is 2.91. The van der Waals surface area contributed by atoms with Crippen LogP contribution in [0.2, 0.25) is 10.0 Å². The smallest absolute Gasteiger partial charge is 0.266 e. The quantitative estimate of drug-likeness (QED) is 0.719. The van der Waals surface area contributed by atoms with Gasteiger partial charge >= 0.3 is 0 Å². The molecule has 0 saturated heterocycles. The Labute approximate surface area is 133 Å². The zero-order valence-electron chi connectivity index (χ0n) is 9.94. The largest absolute Gasteiger partial charge is 0.364 e. The molecule has 1 aromatic carbocycles. The van der Waals surface area contributed by atoms with Gasteiger partial charge in [0.2, 0.25) is 0 Å². The van der Waals surface area contributed by atoms with Gasteiger partial charge in [0.15, 0.2) is 0 Å². The Bertz CT molecular complexity index is 810. The molecule has 2 aromatic heterocycles. The summed E-state index contributed by atoms with van der Waals surface area (Å²) in [6.07, 6.45) is 0. The van der Waals surface area contributed by atoms with Crippen molar-refractivity contribution in [3.8, 4) is 0 Å². The number of carbonyl (C=O) groups is 1. The van der Waals surface area contributed by atoms with Gasteiger partial charge in [-0.2, -0.15) is 0 Å². The second-order valence-electron chi connectivity index (χ2n) is 4.01. The molecule has 3 nitrogen and oxygen atoms in total. The van der Waals surface area contributed by atoms with Gasteiger partial charge in [-0.15, -0.1) is 11.3 Å². The number of thiophene rings is 1. The molecule has 7 heteroatoms. The van der Waals surface area contributed by atoms with E-state index in [1.807, 2.05) is 23.6 Å². The van der Waals surface area contributed by atoms with Gasteiger partial charge in [0.25, 0.3) is 5.91 Å². The maximum Gasteiger partial charge on any atom is 0.266 e. The summed E-state index contributed by atoms with van der Waals surface area (Å²) in [4.78, 5) is 16.2. The number of hydrogen-bond donors (Lipinski definition) is 2. The van der Waals surface area contributed by atoms with Gasteiger partial charge < -0.3 is 10.7 Å². The Morgan fingerprint density at radius 1 is 1.30 bits per heavy atom. The molecule has 0 aliphatic rings. The Morgan fingerprint density at radius 3 is 2.85 bits per heavy atom. The maximum absolute atomic E-state index is 11.6. The first-order valence-electron chi connectivity index (χ1n) is 5.58. The van der Waals surface area contributed by atoms with Gasteiger partial charge in [0.05, 0.1) is 25.2 Å². The number of halogens is 2. The predicted octanol–water partition coefficient (Wildman–Crippen LogP) is 4.79. The number of rotatable bonds is 3. The van der Waals surface area contributed by atoms with Crippen molar-refractivity contribution in [1.82, 2.24) is 4.98 Å². The molecule has 102 valence electrons. The van der Waals surface area contributed by atoms with Crippen LogP contribution in [0.4, 0.5) is 0 Å². The van der Waals surface area contributed by atoms with Crippen LogP contribution in [0.5, 0.6) is 0 Å². The normalized spacial score (nSPS) is 11.1. The first kappa shape index (κ1) is 13.8. The fourth-order valence-electron chi connectivity index (χ4n) is 1.83. The van der Waals surface area contributed by atoms with Crippen LogP contribution >= 0.6 is 46.3 Å². The van der Waals surface area contributed by atoms with E-state index >= 15 is 0 Å². The van der Waals surface area contributed by atoms with Crippen LogP contribution < -0.4 is 5.73 Å². The van der Waals surface area contributed by atoms with E-state index in [1.54, 1.807) is 17.4 Å². The third kappa shape index (κ3) is 2.31. The molecular weight excluding hydrogens is 335 g/mol. The van der Waals surface area contributed by atoms with E-state index in [1.165, 1.54) is 11.8 Å². The molecule has 3 rings (SSSR count). The highest BCUT2D eigenvalue weighted by molar-refractivity contribution is 8.00. The molecule has 0 aliphatic carbocycles. The summed E-state index contributed by atoms with van der Waals surface area (Å²) < 4.78 is 0.986. The molecule has 20 heavy (non-hydrogen) atoms. The first-order valence-corrected chi connectivity index (χ1v) is 8.04. The molecule has 0 radical (unpaired) electrons. The lowest BCUT2D eigenvalue weighted by Gasteiger charge is -2.05. The van der Waals surface area contributed by atoms with Crippen LogP contribution in [0.3, 0.4) is 0 Å².